The van der Waals surface area contributed by atoms with Gasteiger partial charge in [-0.2, -0.15) is 0 Å². The second kappa shape index (κ2) is 11.8. The fourth-order valence-electron chi connectivity index (χ4n) is 3.91. The zero-order valence-corrected chi connectivity index (χ0v) is 20.4. The van der Waals surface area contributed by atoms with Crippen LogP contribution in [0.2, 0.25) is 5.02 Å². The zero-order chi connectivity index (χ0) is 22.3. The van der Waals surface area contributed by atoms with E-state index in [0.717, 1.165) is 45.5 Å². The summed E-state index contributed by atoms with van der Waals surface area (Å²) in [5.74, 6) is 0.522. The van der Waals surface area contributed by atoms with E-state index in [9.17, 15) is 0 Å². The molecule has 0 atom stereocenters. The fourth-order valence-corrected chi connectivity index (χ4v) is 4.14. The van der Waals surface area contributed by atoms with E-state index in [1.165, 1.54) is 19.3 Å². The Kier molecular flexibility index (Phi) is 8.81. The number of aromatic nitrogens is 2. The van der Waals surface area contributed by atoms with Gasteiger partial charge < -0.3 is 15.6 Å². The molecule has 0 aliphatic heterocycles. The smallest absolute Gasteiger partial charge is 0.123 e. The van der Waals surface area contributed by atoms with E-state index in [2.05, 4.69) is 58.2 Å². The Morgan fingerprint density at radius 2 is 1.64 bits per heavy atom. The van der Waals surface area contributed by atoms with Crippen LogP contribution in [0.5, 0.6) is 0 Å². The molecule has 0 fully saturated rings. The normalized spacial score (nSPS) is 10.6. The third kappa shape index (κ3) is 6.10. The van der Waals surface area contributed by atoms with Crippen molar-refractivity contribution in [1.82, 2.24) is 9.55 Å². The summed E-state index contributed by atoms with van der Waals surface area (Å²) in [7, 11) is 0. The maximum Gasteiger partial charge on any atom is 0.123 e. The van der Waals surface area contributed by atoms with Crippen molar-refractivity contribution in [2.75, 3.05) is 17.6 Å². The van der Waals surface area contributed by atoms with Crippen molar-refractivity contribution in [3.8, 4) is 22.5 Å². The highest BCUT2D eigenvalue weighted by molar-refractivity contribution is 6.33. The largest absolute Gasteiger partial charge is 0.385 e. The van der Waals surface area contributed by atoms with Crippen molar-refractivity contribution >= 4 is 35.5 Å². The summed E-state index contributed by atoms with van der Waals surface area (Å²) in [4.78, 5) is 4.52. The molecule has 0 saturated carbocycles. The Labute approximate surface area is 207 Å². The molecule has 0 spiro atoms. The first-order chi connectivity index (χ1) is 15.7. The van der Waals surface area contributed by atoms with Gasteiger partial charge in [0.25, 0.3) is 0 Å². The minimum Gasteiger partial charge on any atom is -0.385 e. The second-order valence-electron chi connectivity index (χ2n) is 7.93. The van der Waals surface area contributed by atoms with Gasteiger partial charge in [0.15, 0.2) is 0 Å². The third-order valence-corrected chi connectivity index (χ3v) is 5.90. The van der Waals surface area contributed by atoms with Crippen LogP contribution in [0.15, 0.2) is 78.9 Å². The summed E-state index contributed by atoms with van der Waals surface area (Å²) < 4.78 is 2.26. The predicted molar refractivity (Wildman–Crippen MR) is 143 cm³/mol. The van der Waals surface area contributed by atoms with E-state index in [4.69, 9.17) is 17.3 Å². The summed E-state index contributed by atoms with van der Waals surface area (Å²) in [6.07, 6.45) is 3.67. The summed E-state index contributed by atoms with van der Waals surface area (Å²) in [6.45, 7) is 3.83. The first-order valence-corrected chi connectivity index (χ1v) is 11.5. The van der Waals surface area contributed by atoms with Crippen molar-refractivity contribution in [2.45, 2.75) is 32.7 Å². The van der Waals surface area contributed by atoms with E-state index in [-0.39, 0.29) is 12.4 Å². The van der Waals surface area contributed by atoms with Crippen LogP contribution in [-0.4, -0.2) is 16.1 Å². The number of unbranched alkanes of at least 4 members (excludes halogenated alkanes) is 2. The standard InChI is InChI=1S/C27H29ClN4.ClH/c1-2-3-6-18-30-21-14-12-20(13-15-21)25-16-17-26(23-9-4-5-10-24(23)28)32(25)19-22-8-7-11-27(29)31-22;/h4-5,7-17,30H,2-3,6,18-19H2,1H3,(H2,29,31);1H. The number of nitrogens with one attached hydrogen (secondary N) is 1. The van der Waals surface area contributed by atoms with Crippen LogP contribution in [0.3, 0.4) is 0 Å². The number of nitrogens with two attached hydrogens (primary N) is 1. The Hall–Kier alpha value is -2.95. The topological polar surface area (TPSA) is 55.9 Å². The van der Waals surface area contributed by atoms with Gasteiger partial charge in [0.2, 0.25) is 0 Å². The van der Waals surface area contributed by atoms with E-state index in [1.807, 2.05) is 36.4 Å². The van der Waals surface area contributed by atoms with Crippen LogP contribution in [0.1, 0.15) is 31.9 Å². The molecule has 4 aromatic rings. The monoisotopic (exact) mass is 480 g/mol. The van der Waals surface area contributed by atoms with E-state index >= 15 is 0 Å². The van der Waals surface area contributed by atoms with Crippen LogP contribution in [0.25, 0.3) is 22.5 Å². The highest BCUT2D eigenvalue weighted by Crippen LogP contribution is 2.34. The molecule has 2 aromatic carbocycles. The number of hydrogen-bond donors (Lipinski definition) is 2. The van der Waals surface area contributed by atoms with Crippen LogP contribution < -0.4 is 11.1 Å². The van der Waals surface area contributed by atoms with Gasteiger partial charge >= 0.3 is 0 Å². The van der Waals surface area contributed by atoms with E-state index in [0.29, 0.717) is 12.4 Å². The molecule has 0 amide bonds. The average molecular weight is 481 g/mol. The molecule has 4 nitrogen and oxygen atoms in total. The van der Waals surface area contributed by atoms with Crippen molar-refractivity contribution < 1.29 is 0 Å². The first-order valence-electron chi connectivity index (χ1n) is 11.2. The fraction of sp³-hybridized carbons (Fsp3) is 0.222. The summed E-state index contributed by atoms with van der Waals surface area (Å²) in [5, 5.41) is 4.24. The second-order valence-corrected chi connectivity index (χ2v) is 8.34. The van der Waals surface area contributed by atoms with Gasteiger partial charge in [-0.1, -0.05) is 67.8 Å². The molecule has 6 heteroatoms. The van der Waals surface area contributed by atoms with E-state index in [1.54, 1.807) is 6.07 Å². The highest BCUT2D eigenvalue weighted by Gasteiger charge is 2.15. The number of halogens is 2. The molecule has 0 bridgehead atoms. The summed E-state index contributed by atoms with van der Waals surface area (Å²) in [5.41, 5.74) is 12.3. The minimum atomic E-state index is 0. The Morgan fingerprint density at radius 1 is 0.879 bits per heavy atom. The van der Waals surface area contributed by atoms with Gasteiger partial charge in [-0.05, 0) is 54.4 Å². The Bertz CT molecular complexity index is 1170. The number of benzene rings is 2. The number of pyridine rings is 1. The molecule has 33 heavy (non-hydrogen) atoms. The van der Waals surface area contributed by atoms with Crippen LogP contribution in [0, 0.1) is 0 Å². The molecule has 0 aliphatic rings. The lowest BCUT2D eigenvalue weighted by Crippen LogP contribution is -2.07. The average Bonchev–Trinajstić information content (AvgIpc) is 3.20. The molecule has 2 aromatic heterocycles. The molecular weight excluding hydrogens is 451 g/mol. The quantitative estimate of drug-likeness (QED) is 0.243. The SMILES string of the molecule is CCCCCNc1ccc(-c2ccc(-c3ccccc3Cl)n2Cc2cccc(N)n2)cc1.Cl. The van der Waals surface area contributed by atoms with Crippen molar-refractivity contribution in [3.63, 3.8) is 0 Å². The molecule has 0 aliphatic carbocycles. The lowest BCUT2D eigenvalue weighted by molar-refractivity contribution is 0.744. The Morgan fingerprint density at radius 3 is 2.36 bits per heavy atom. The molecular formula is C27H30Cl2N4. The summed E-state index contributed by atoms with van der Waals surface area (Å²) >= 11 is 6.55. The van der Waals surface area contributed by atoms with Crippen molar-refractivity contribution in [3.05, 3.63) is 89.6 Å². The van der Waals surface area contributed by atoms with Gasteiger partial charge in [0, 0.05) is 28.5 Å². The van der Waals surface area contributed by atoms with Crippen molar-refractivity contribution in [1.29, 1.82) is 0 Å². The molecule has 0 unspecified atom stereocenters. The summed E-state index contributed by atoms with van der Waals surface area (Å²) in [6, 6.07) is 26.6. The zero-order valence-electron chi connectivity index (χ0n) is 18.8. The molecule has 3 N–H and O–H groups in total. The molecule has 172 valence electrons. The number of rotatable bonds is 9. The van der Waals surface area contributed by atoms with Gasteiger partial charge in [-0.3, -0.25) is 0 Å². The molecule has 0 radical (unpaired) electrons. The highest BCUT2D eigenvalue weighted by atomic mass is 35.5. The predicted octanol–water partition coefficient (Wildman–Crippen LogP) is 7.52. The number of anilines is 2. The van der Waals surface area contributed by atoms with Crippen LogP contribution >= 0.6 is 24.0 Å². The molecule has 0 saturated heterocycles. The third-order valence-electron chi connectivity index (χ3n) is 5.57. The van der Waals surface area contributed by atoms with E-state index < -0.39 is 0 Å². The Balaban J connectivity index is 0.00000306. The van der Waals surface area contributed by atoms with Gasteiger partial charge in [-0.15, -0.1) is 12.4 Å². The lowest BCUT2D eigenvalue weighted by atomic mass is 10.1. The maximum absolute atomic E-state index is 6.55. The number of nitrogen functional groups attached to an aromatic ring is 1. The van der Waals surface area contributed by atoms with Crippen LogP contribution in [-0.2, 0) is 6.54 Å². The minimum absolute atomic E-state index is 0. The first kappa shape index (κ1) is 24.7. The maximum atomic E-state index is 6.55. The van der Waals surface area contributed by atoms with Gasteiger partial charge in [0.05, 0.1) is 17.9 Å². The van der Waals surface area contributed by atoms with Crippen LogP contribution in [0.4, 0.5) is 11.5 Å². The molecule has 4 rings (SSSR count). The number of hydrogen-bond acceptors (Lipinski definition) is 3. The number of nitrogens with zero attached hydrogens (tertiary/aromatic N) is 2. The van der Waals surface area contributed by atoms with Gasteiger partial charge in [-0.25, -0.2) is 4.98 Å². The lowest BCUT2D eigenvalue weighted by Gasteiger charge is -2.15. The van der Waals surface area contributed by atoms with Gasteiger partial charge in [0.1, 0.15) is 5.82 Å². The molecule has 2 heterocycles. The van der Waals surface area contributed by atoms with Crippen molar-refractivity contribution in [2.24, 2.45) is 0 Å².